The van der Waals surface area contributed by atoms with Crippen molar-refractivity contribution in [1.29, 1.82) is 0 Å². The molecule has 0 aliphatic heterocycles. The first-order valence-electron chi connectivity index (χ1n) is 5.32. The maximum Gasteiger partial charge on any atom is 0.0449 e. The summed E-state index contributed by atoms with van der Waals surface area (Å²) in [6, 6.07) is 12.7. The Labute approximate surface area is 90.3 Å². The van der Waals surface area contributed by atoms with Crippen molar-refractivity contribution in [2.75, 3.05) is 6.54 Å². The quantitative estimate of drug-likeness (QED) is 0.807. The average molecular weight is 200 g/mol. The van der Waals surface area contributed by atoms with Crippen LogP contribution in [-0.2, 0) is 6.42 Å². The van der Waals surface area contributed by atoms with E-state index in [-0.39, 0.29) is 0 Å². The Bertz CT molecular complexity index is 387. The first-order valence-corrected chi connectivity index (χ1v) is 5.32. The average Bonchev–Trinajstić information content (AvgIpc) is 2.80. The van der Waals surface area contributed by atoms with Gasteiger partial charge in [-0.25, -0.2) is 0 Å². The van der Waals surface area contributed by atoms with E-state index in [0.717, 1.165) is 19.4 Å². The highest BCUT2D eigenvalue weighted by atomic mass is 14.9. The highest BCUT2D eigenvalue weighted by Crippen LogP contribution is 2.10. The summed E-state index contributed by atoms with van der Waals surface area (Å²) in [4.78, 5) is 0. The molecule has 0 spiro atoms. The third-order valence-electron chi connectivity index (χ3n) is 2.51. The topological polar surface area (TPSA) is 30.9 Å². The number of rotatable bonds is 4. The second kappa shape index (κ2) is 4.80. The Morgan fingerprint density at radius 2 is 1.67 bits per heavy atom. The Balaban J connectivity index is 2.11. The van der Waals surface area contributed by atoms with Crippen molar-refractivity contribution in [1.82, 2.24) is 4.57 Å². The van der Waals surface area contributed by atoms with Crippen LogP contribution in [0.2, 0.25) is 0 Å². The van der Waals surface area contributed by atoms with E-state index in [0.29, 0.717) is 0 Å². The first-order chi connectivity index (χ1) is 7.40. The van der Waals surface area contributed by atoms with Gasteiger partial charge in [0.2, 0.25) is 0 Å². The molecule has 2 nitrogen and oxygen atoms in total. The van der Waals surface area contributed by atoms with E-state index in [1.54, 1.807) is 0 Å². The van der Waals surface area contributed by atoms with Crippen LogP contribution in [0.25, 0.3) is 5.69 Å². The van der Waals surface area contributed by atoms with Crippen LogP contribution < -0.4 is 5.73 Å². The molecule has 2 heteroatoms. The predicted molar refractivity (Wildman–Crippen MR) is 63.1 cm³/mol. The van der Waals surface area contributed by atoms with Crippen molar-refractivity contribution >= 4 is 0 Å². The maximum atomic E-state index is 5.48. The Hall–Kier alpha value is -1.54. The van der Waals surface area contributed by atoms with Crippen LogP contribution in [0.1, 0.15) is 12.0 Å². The zero-order valence-electron chi connectivity index (χ0n) is 8.76. The second-order valence-corrected chi connectivity index (χ2v) is 3.65. The van der Waals surface area contributed by atoms with Gasteiger partial charge in [-0.2, -0.15) is 0 Å². The Morgan fingerprint density at radius 3 is 2.27 bits per heavy atom. The highest BCUT2D eigenvalue weighted by molar-refractivity contribution is 5.35. The van der Waals surface area contributed by atoms with Crippen LogP contribution in [0.15, 0.2) is 48.8 Å². The molecule has 2 N–H and O–H groups in total. The minimum absolute atomic E-state index is 0.763. The summed E-state index contributed by atoms with van der Waals surface area (Å²) in [5, 5.41) is 0. The van der Waals surface area contributed by atoms with Crippen LogP contribution in [0.5, 0.6) is 0 Å². The molecule has 1 aromatic heterocycles. The smallest absolute Gasteiger partial charge is 0.0449 e. The minimum atomic E-state index is 0.763. The van der Waals surface area contributed by atoms with Crippen molar-refractivity contribution < 1.29 is 0 Å². The first kappa shape index (κ1) is 9.99. The van der Waals surface area contributed by atoms with Gasteiger partial charge >= 0.3 is 0 Å². The lowest BCUT2D eigenvalue weighted by Crippen LogP contribution is -2.00. The van der Waals surface area contributed by atoms with Crippen LogP contribution in [0.4, 0.5) is 0 Å². The summed E-state index contributed by atoms with van der Waals surface area (Å²) in [5.74, 6) is 0. The van der Waals surface area contributed by atoms with E-state index < -0.39 is 0 Å². The molecule has 15 heavy (non-hydrogen) atoms. The molecular weight excluding hydrogens is 184 g/mol. The molecule has 0 saturated heterocycles. The molecule has 0 radical (unpaired) electrons. The van der Waals surface area contributed by atoms with Gasteiger partial charge < -0.3 is 10.3 Å². The Kier molecular flexibility index (Phi) is 3.20. The Morgan fingerprint density at radius 1 is 1.00 bits per heavy atom. The lowest BCUT2D eigenvalue weighted by molar-refractivity contribution is 0.832. The largest absolute Gasteiger partial charge is 0.330 e. The molecule has 0 amide bonds. The maximum absolute atomic E-state index is 5.48. The summed E-state index contributed by atoms with van der Waals surface area (Å²) in [7, 11) is 0. The van der Waals surface area contributed by atoms with E-state index in [1.165, 1.54) is 11.3 Å². The lowest BCUT2D eigenvalue weighted by Gasteiger charge is -2.04. The number of nitrogens with zero attached hydrogens (tertiary/aromatic N) is 1. The fourth-order valence-electron chi connectivity index (χ4n) is 1.65. The molecular formula is C13H16N2. The molecule has 0 fully saturated rings. The van der Waals surface area contributed by atoms with Crippen molar-refractivity contribution in [3.63, 3.8) is 0 Å². The van der Waals surface area contributed by atoms with Gasteiger partial charge in [-0.1, -0.05) is 12.1 Å². The van der Waals surface area contributed by atoms with Gasteiger partial charge in [0, 0.05) is 18.1 Å². The fourth-order valence-corrected chi connectivity index (χ4v) is 1.65. The SMILES string of the molecule is NCCCc1ccc(-n2cccc2)cc1. The number of aromatic nitrogens is 1. The molecule has 2 rings (SSSR count). The van der Waals surface area contributed by atoms with Crippen LogP contribution in [0, 0.1) is 0 Å². The van der Waals surface area contributed by atoms with Gasteiger partial charge in [-0.05, 0) is 49.2 Å². The molecule has 0 unspecified atom stereocenters. The third-order valence-corrected chi connectivity index (χ3v) is 2.51. The minimum Gasteiger partial charge on any atom is -0.330 e. The summed E-state index contributed by atoms with van der Waals surface area (Å²) < 4.78 is 2.10. The predicted octanol–water partition coefficient (Wildman–Crippen LogP) is 2.37. The number of hydrogen-bond donors (Lipinski definition) is 1. The molecule has 2 aromatic rings. The monoisotopic (exact) mass is 200 g/mol. The van der Waals surface area contributed by atoms with Crippen LogP contribution >= 0.6 is 0 Å². The lowest BCUT2D eigenvalue weighted by atomic mass is 10.1. The van der Waals surface area contributed by atoms with Crippen LogP contribution in [-0.4, -0.2) is 11.1 Å². The van der Waals surface area contributed by atoms with Gasteiger partial charge in [-0.3, -0.25) is 0 Å². The van der Waals surface area contributed by atoms with E-state index in [1.807, 2.05) is 12.1 Å². The van der Waals surface area contributed by atoms with Gasteiger partial charge in [0.05, 0.1) is 0 Å². The van der Waals surface area contributed by atoms with E-state index in [9.17, 15) is 0 Å². The summed E-state index contributed by atoms with van der Waals surface area (Å²) in [6.07, 6.45) is 6.23. The van der Waals surface area contributed by atoms with Gasteiger partial charge in [0.1, 0.15) is 0 Å². The van der Waals surface area contributed by atoms with Gasteiger partial charge in [0.15, 0.2) is 0 Å². The summed E-state index contributed by atoms with van der Waals surface area (Å²) in [5.41, 5.74) is 8.04. The summed E-state index contributed by atoms with van der Waals surface area (Å²) in [6.45, 7) is 0.763. The zero-order valence-corrected chi connectivity index (χ0v) is 8.76. The molecule has 1 heterocycles. The van der Waals surface area contributed by atoms with Gasteiger partial charge in [0.25, 0.3) is 0 Å². The number of aryl methyl sites for hydroxylation is 1. The molecule has 0 saturated carbocycles. The number of nitrogens with two attached hydrogens (primary N) is 1. The number of benzene rings is 1. The highest BCUT2D eigenvalue weighted by Gasteiger charge is 1.95. The summed E-state index contributed by atoms with van der Waals surface area (Å²) >= 11 is 0. The molecule has 0 aliphatic carbocycles. The van der Waals surface area contributed by atoms with Crippen molar-refractivity contribution in [3.05, 3.63) is 54.4 Å². The normalized spacial score (nSPS) is 10.5. The molecule has 0 aliphatic rings. The van der Waals surface area contributed by atoms with Gasteiger partial charge in [-0.15, -0.1) is 0 Å². The fraction of sp³-hybridized carbons (Fsp3) is 0.231. The van der Waals surface area contributed by atoms with E-state index in [2.05, 4.69) is 41.2 Å². The van der Waals surface area contributed by atoms with Crippen molar-refractivity contribution in [2.24, 2.45) is 5.73 Å². The molecule has 0 bridgehead atoms. The number of hydrogen-bond acceptors (Lipinski definition) is 1. The molecule has 0 atom stereocenters. The standard InChI is InChI=1S/C13H16N2/c14-9-3-4-12-5-7-13(8-6-12)15-10-1-2-11-15/h1-2,5-8,10-11H,3-4,9,14H2. The van der Waals surface area contributed by atoms with Crippen molar-refractivity contribution in [3.8, 4) is 5.69 Å². The molecule has 1 aromatic carbocycles. The van der Waals surface area contributed by atoms with Crippen molar-refractivity contribution in [2.45, 2.75) is 12.8 Å². The second-order valence-electron chi connectivity index (χ2n) is 3.65. The van der Waals surface area contributed by atoms with Crippen LogP contribution in [0.3, 0.4) is 0 Å². The molecule has 78 valence electrons. The van der Waals surface area contributed by atoms with E-state index in [4.69, 9.17) is 5.73 Å². The van der Waals surface area contributed by atoms with E-state index >= 15 is 0 Å². The third kappa shape index (κ3) is 2.48. The zero-order chi connectivity index (χ0) is 10.5.